The highest BCUT2D eigenvalue weighted by molar-refractivity contribution is 8.03. The normalized spacial score (nSPS) is 20.3. The second kappa shape index (κ2) is 7.71. The van der Waals surface area contributed by atoms with Gasteiger partial charge in [0.15, 0.2) is 5.09 Å². The lowest BCUT2D eigenvalue weighted by Gasteiger charge is -2.27. The fraction of sp³-hybridized carbons (Fsp3) is 0.400. The number of benzene rings is 1. The molecule has 0 saturated heterocycles. The van der Waals surface area contributed by atoms with Gasteiger partial charge in [0, 0.05) is 17.5 Å². The first-order valence-corrected chi connectivity index (χ1v) is 8.08. The molecule has 4 N–H and O–H groups in total. The van der Waals surface area contributed by atoms with E-state index >= 15 is 0 Å². The van der Waals surface area contributed by atoms with Crippen LogP contribution in [0.3, 0.4) is 0 Å². The summed E-state index contributed by atoms with van der Waals surface area (Å²) < 4.78 is 33.4. The van der Waals surface area contributed by atoms with E-state index in [1.807, 2.05) is 13.8 Å². The van der Waals surface area contributed by atoms with E-state index in [4.69, 9.17) is 4.74 Å². The van der Waals surface area contributed by atoms with Gasteiger partial charge >= 0.3 is 6.09 Å². The van der Waals surface area contributed by atoms with E-state index < -0.39 is 29.2 Å². The molecule has 0 saturated carbocycles. The highest BCUT2D eigenvalue weighted by Gasteiger charge is 2.31. The quantitative estimate of drug-likeness (QED) is 0.659. The van der Waals surface area contributed by atoms with E-state index in [0.29, 0.717) is 11.8 Å². The van der Waals surface area contributed by atoms with Crippen LogP contribution in [0.4, 0.5) is 19.3 Å². The van der Waals surface area contributed by atoms with Crippen molar-refractivity contribution in [1.82, 2.24) is 5.32 Å². The molecule has 6 nitrogen and oxygen atoms in total. The molecule has 0 aliphatic carbocycles. The molecule has 2 rings (SSSR count). The van der Waals surface area contributed by atoms with Crippen molar-refractivity contribution in [2.75, 3.05) is 11.9 Å². The number of carbonyl (C=O) groups excluding carboxylic acids is 1. The molecule has 0 fully saturated rings. The van der Waals surface area contributed by atoms with E-state index in [1.54, 1.807) is 0 Å². The van der Waals surface area contributed by atoms with Crippen molar-refractivity contribution in [3.05, 3.63) is 40.6 Å². The number of amides is 1. The van der Waals surface area contributed by atoms with E-state index in [9.17, 15) is 23.8 Å². The van der Waals surface area contributed by atoms with Crippen LogP contribution in [0.15, 0.2) is 23.4 Å². The summed E-state index contributed by atoms with van der Waals surface area (Å²) in [6, 6.07) is 0.798. The minimum atomic E-state index is -1.27. The number of nitrogens with one attached hydrogen (secondary N) is 2. The van der Waals surface area contributed by atoms with E-state index in [1.165, 1.54) is 0 Å². The molecule has 24 heavy (non-hydrogen) atoms. The molecule has 0 aromatic heterocycles. The molecular weight excluding hydrogens is 342 g/mol. The zero-order valence-corrected chi connectivity index (χ0v) is 13.9. The minimum Gasteiger partial charge on any atom is -0.501 e. The predicted molar refractivity (Wildman–Crippen MR) is 86.4 cm³/mol. The van der Waals surface area contributed by atoms with Crippen molar-refractivity contribution in [2.24, 2.45) is 5.92 Å². The van der Waals surface area contributed by atoms with Gasteiger partial charge in [0.1, 0.15) is 17.1 Å². The summed E-state index contributed by atoms with van der Waals surface area (Å²) in [5, 5.41) is 23.7. The summed E-state index contributed by atoms with van der Waals surface area (Å²) in [4.78, 5) is 11.5. The van der Waals surface area contributed by atoms with E-state index in [2.05, 4.69) is 10.6 Å². The Morgan fingerprint density at radius 3 is 2.58 bits per heavy atom. The molecule has 9 heteroatoms. The Bertz CT molecular complexity index is 631. The number of halogens is 2. The first-order chi connectivity index (χ1) is 11.3. The molecule has 2 unspecified atom stereocenters. The Labute approximate surface area is 141 Å². The van der Waals surface area contributed by atoms with E-state index in [0.717, 1.165) is 18.3 Å². The SMILES string of the molecule is CC(C)COC(=O)Nc1cc(F)c(C2NC=C(O)SC2O)c(F)c1. The number of hydrogen-bond donors (Lipinski definition) is 4. The van der Waals surface area contributed by atoms with Crippen molar-refractivity contribution in [1.29, 1.82) is 0 Å². The van der Waals surface area contributed by atoms with E-state index in [-0.39, 0.29) is 28.9 Å². The van der Waals surface area contributed by atoms with Gasteiger partial charge in [-0.15, -0.1) is 0 Å². The number of thioether (sulfide) groups is 1. The predicted octanol–water partition coefficient (Wildman–Crippen LogP) is 3.22. The van der Waals surface area contributed by atoms with Crippen molar-refractivity contribution < 1.29 is 28.5 Å². The maximum atomic E-state index is 14.3. The molecule has 2 atom stereocenters. The van der Waals surface area contributed by atoms with Crippen molar-refractivity contribution in [2.45, 2.75) is 25.3 Å². The van der Waals surface area contributed by atoms with Crippen LogP contribution in [0, 0.1) is 17.6 Å². The van der Waals surface area contributed by atoms with Crippen LogP contribution in [0.2, 0.25) is 0 Å². The second-order valence-electron chi connectivity index (χ2n) is 5.61. The van der Waals surface area contributed by atoms with Crippen LogP contribution in [-0.2, 0) is 4.74 Å². The van der Waals surface area contributed by atoms with Crippen molar-refractivity contribution >= 4 is 23.5 Å². The van der Waals surface area contributed by atoms with Gasteiger partial charge in [-0.3, -0.25) is 5.32 Å². The summed E-state index contributed by atoms with van der Waals surface area (Å²) in [6.45, 7) is 3.89. The van der Waals surface area contributed by atoms with Gasteiger partial charge in [-0.25, -0.2) is 13.6 Å². The van der Waals surface area contributed by atoms with Gasteiger partial charge in [-0.2, -0.15) is 0 Å². The molecule has 1 aliphatic heterocycles. The zero-order chi connectivity index (χ0) is 17.9. The van der Waals surface area contributed by atoms with Gasteiger partial charge in [0.2, 0.25) is 0 Å². The fourth-order valence-electron chi connectivity index (χ4n) is 2.04. The Morgan fingerprint density at radius 2 is 2.04 bits per heavy atom. The van der Waals surface area contributed by atoms with Crippen molar-refractivity contribution in [3.63, 3.8) is 0 Å². The lowest BCUT2D eigenvalue weighted by molar-refractivity contribution is 0.147. The van der Waals surface area contributed by atoms with Crippen LogP contribution in [0.1, 0.15) is 25.5 Å². The first kappa shape index (κ1) is 18.3. The summed E-state index contributed by atoms with van der Waals surface area (Å²) in [5.41, 5.74) is -1.76. The molecule has 1 heterocycles. The third-order valence-corrected chi connectivity index (χ3v) is 3.97. The van der Waals surface area contributed by atoms with Crippen LogP contribution < -0.4 is 10.6 Å². The Morgan fingerprint density at radius 1 is 1.42 bits per heavy atom. The first-order valence-electron chi connectivity index (χ1n) is 7.20. The number of carbonyl (C=O) groups is 1. The molecule has 0 spiro atoms. The number of aliphatic hydroxyl groups excluding tert-OH is 2. The maximum Gasteiger partial charge on any atom is 0.411 e. The topological polar surface area (TPSA) is 90.8 Å². The van der Waals surface area contributed by atoms with Gasteiger partial charge < -0.3 is 20.3 Å². The number of hydrogen-bond acceptors (Lipinski definition) is 6. The van der Waals surface area contributed by atoms with Crippen LogP contribution in [-0.4, -0.2) is 28.3 Å². The number of aliphatic hydroxyl groups is 2. The minimum absolute atomic E-state index is 0.0983. The lowest BCUT2D eigenvalue weighted by Crippen LogP contribution is -2.31. The Kier molecular flexibility index (Phi) is 5.89. The van der Waals surface area contributed by atoms with Gasteiger partial charge in [0.25, 0.3) is 0 Å². The highest BCUT2D eigenvalue weighted by atomic mass is 32.2. The average Bonchev–Trinajstić information content (AvgIpc) is 2.46. The number of rotatable bonds is 4. The van der Waals surface area contributed by atoms with Gasteiger partial charge in [-0.1, -0.05) is 25.6 Å². The molecule has 0 bridgehead atoms. The van der Waals surface area contributed by atoms with Crippen LogP contribution >= 0.6 is 11.8 Å². The van der Waals surface area contributed by atoms with Gasteiger partial charge in [0.05, 0.1) is 12.6 Å². The monoisotopic (exact) mass is 360 g/mol. The summed E-state index contributed by atoms with van der Waals surface area (Å²) in [6.07, 6.45) is 0.339. The molecule has 0 radical (unpaired) electrons. The summed E-state index contributed by atoms with van der Waals surface area (Å²) >= 11 is 0.672. The maximum absolute atomic E-state index is 14.3. The molecule has 132 valence electrons. The molecule has 1 aliphatic rings. The third-order valence-electron chi connectivity index (χ3n) is 3.10. The smallest absolute Gasteiger partial charge is 0.411 e. The Hall–Kier alpha value is -2.00. The highest BCUT2D eigenvalue weighted by Crippen LogP contribution is 2.35. The largest absolute Gasteiger partial charge is 0.501 e. The molecular formula is C15H18F2N2O4S. The molecule has 1 aromatic carbocycles. The number of ether oxygens (including phenoxy) is 1. The van der Waals surface area contributed by atoms with Crippen LogP contribution in [0.25, 0.3) is 0 Å². The zero-order valence-electron chi connectivity index (χ0n) is 13.0. The Balaban J connectivity index is 2.15. The summed E-state index contributed by atoms with van der Waals surface area (Å²) in [5.74, 6) is -1.75. The van der Waals surface area contributed by atoms with Crippen LogP contribution in [0.5, 0.6) is 0 Å². The average molecular weight is 360 g/mol. The summed E-state index contributed by atoms with van der Waals surface area (Å²) in [7, 11) is 0. The van der Waals surface area contributed by atoms with Gasteiger partial charge in [-0.05, 0) is 18.1 Å². The third kappa shape index (κ3) is 4.51. The second-order valence-corrected chi connectivity index (χ2v) is 6.74. The fourth-order valence-corrected chi connectivity index (χ4v) is 2.78. The molecule has 1 amide bonds. The van der Waals surface area contributed by atoms with Crippen molar-refractivity contribution in [3.8, 4) is 0 Å². The molecule has 1 aromatic rings. The standard InChI is InChI=1S/C15H18F2N2O4S/c1-7(2)6-23-15(22)19-8-3-9(16)12(10(17)4-8)13-14(21)24-11(20)5-18-13/h3-5,7,13-14,18,20-21H,6H2,1-2H3,(H,19,22). The number of anilines is 1. The lowest BCUT2D eigenvalue weighted by atomic mass is 10.0.